The summed E-state index contributed by atoms with van der Waals surface area (Å²) >= 11 is 0. The summed E-state index contributed by atoms with van der Waals surface area (Å²) in [6, 6.07) is 0. The third-order valence-electron chi connectivity index (χ3n) is 1.32. The van der Waals surface area contributed by atoms with Crippen LogP contribution in [0.5, 0.6) is 0 Å². The first-order chi connectivity index (χ1) is 6.76. The van der Waals surface area contributed by atoms with Gasteiger partial charge < -0.3 is 14.8 Å². The summed E-state index contributed by atoms with van der Waals surface area (Å²) in [7, 11) is 1.26. The van der Waals surface area contributed by atoms with Gasteiger partial charge in [0.2, 0.25) is 0 Å². The van der Waals surface area contributed by atoms with E-state index >= 15 is 0 Å². The first-order valence-electron chi connectivity index (χ1n) is 4.49. The molecule has 0 atom stereocenters. The zero-order valence-electron chi connectivity index (χ0n) is 9.55. The van der Waals surface area contributed by atoms with Crippen molar-refractivity contribution in [2.45, 2.75) is 26.4 Å². The molecule has 0 bridgehead atoms. The van der Waals surface area contributed by atoms with Crippen LogP contribution >= 0.6 is 0 Å². The van der Waals surface area contributed by atoms with Gasteiger partial charge in [0.1, 0.15) is 17.8 Å². The maximum absolute atomic E-state index is 11.3. The first kappa shape index (κ1) is 13.5. The van der Waals surface area contributed by atoms with Gasteiger partial charge in [0.05, 0.1) is 7.11 Å². The summed E-state index contributed by atoms with van der Waals surface area (Å²) in [5.41, 5.74) is -0.539. The van der Waals surface area contributed by atoms with Crippen molar-refractivity contribution in [3.63, 3.8) is 0 Å². The summed E-state index contributed by atoms with van der Waals surface area (Å²) in [6.45, 7) is 8.59. The van der Waals surface area contributed by atoms with E-state index in [1.165, 1.54) is 7.11 Å². The molecule has 5 nitrogen and oxygen atoms in total. The number of carbonyl (C=O) groups is 2. The lowest BCUT2D eigenvalue weighted by Crippen LogP contribution is -2.32. The fourth-order valence-corrected chi connectivity index (χ4v) is 0.663. The minimum atomic E-state index is -0.577. The zero-order valence-corrected chi connectivity index (χ0v) is 9.55. The Kier molecular flexibility index (Phi) is 4.84. The van der Waals surface area contributed by atoms with E-state index in [-0.39, 0.29) is 12.2 Å². The van der Waals surface area contributed by atoms with Gasteiger partial charge in [0.15, 0.2) is 0 Å². The summed E-state index contributed by atoms with van der Waals surface area (Å²) in [4.78, 5) is 22.1. The van der Waals surface area contributed by atoms with E-state index in [2.05, 4.69) is 16.6 Å². The summed E-state index contributed by atoms with van der Waals surface area (Å²) in [5.74, 6) is -1.05. The fourth-order valence-electron chi connectivity index (χ4n) is 0.663. The molecular weight excluding hydrogens is 198 g/mol. The maximum Gasteiger partial charge on any atom is 0.354 e. The minimum Gasteiger partial charge on any atom is -0.468 e. The lowest BCUT2D eigenvalue weighted by Gasteiger charge is -2.20. The lowest BCUT2D eigenvalue weighted by molar-refractivity contribution is -0.150. The van der Waals surface area contributed by atoms with Crippen molar-refractivity contribution in [1.82, 2.24) is 5.32 Å². The Balaban J connectivity index is 4.01. The van der Waals surface area contributed by atoms with Crippen LogP contribution in [-0.2, 0) is 19.1 Å². The number of hydrogen-bond donors (Lipinski definition) is 1. The molecular formula is C10H17NO4. The molecule has 0 heterocycles. The largest absolute Gasteiger partial charge is 0.468 e. The van der Waals surface area contributed by atoms with Crippen molar-refractivity contribution in [2.75, 3.05) is 13.7 Å². The maximum atomic E-state index is 11.3. The van der Waals surface area contributed by atoms with Crippen LogP contribution in [0.2, 0.25) is 0 Å². The van der Waals surface area contributed by atoms with E-state index in [1.54, 1.807) is 20.8 Å². The van der Waals surface area contributed by atoms with E-state index < -0.39 is 17.5 Å². The molecule has 0 saturated heterocycles. The molecule has 1 N–H and O–H groups in total. The predicted octanol–water partition coefficient (Wildman–Crippen LogP) is 0.604. The Morgan fingerprint density at radius 2 is 1.87 bits per heavy atom. The van der Waals surface area contributed by atoms with E-state index in [9.17, 15) is 9.59 Å². The highest BCUT2D eigenvalue weighted by atomic mass is 16.6. The Morgan fingerprint density at radius 3 is 2.27 bits per heavy atom. The molecule has 0 radical (unpaired) electrons. The molecule has 0 aliphatic rings. The number of carbonyl (C=O) groups excluding carboxylic acids is 2. The molecule has 86 valence electrons. The van der Waals surface area contributed by atoms with Gasteiger partial charge in [-0.3, -0.25) is 4.79 Å². The highest BCUT2D eigenvalue weighted by Gasteiger charge is 2.18. The molecule has 0 unspecified atom stereocenters. The van der Waals surface area contributed by atoms with Crippen LogP contribution in [0, 0.1) is 0 Å². The van der Waals surface area contributed by atoms with Gasteiger partial charge in [-0.2, -0.15) is 0 Å². The number of ether oxygens (including phenoxy) is 2. The van der Waals surface area contributed by atoms with Crippen LogP contribution in [0.25, 0.3) is 0 Å². The molecule has 0 aromatic heterocycles. The average molecular weight is 215 g/mol. The van der Waals surface area contributed by atoms with Gasteiger partial charge >= 0.3 is 11.9 Å². The molecule has 0 amide bonds. The molecule has 0 aromatic carbocycles. The van der Waals surface area contributed by atoms with Crippen molar-refractivity contribution in [3.05, 3.63) is 12.3 Å². The van der Waals surface area contributed by atoms with Crippen molar-refractivity contribution in [2.24, 2.45) is 0 Å². The van der Waals surface area contributed by atoms with Gasteiger partial charge in [-0.1, -0.05) is 6.58 Å². The standard InChI is InChI=1S/C10H17NO4/c1-7(11-6-8(12)14-5)9(13)15-10(2,3)4/h11H,1,6H2,2-5H3. The van der Waals surface area contributed by atoms with Crippen molar-refractivity contribution < 1.29 is 19.1 Å². The SMILES string of the molecule is C=C(NCC(=O)OC)C(=O)OC(C)(C)C. The molecule has 0 aliphatic heterocycles. The van der Waals surface area contributed by atoms with E-state index in [1.807, 2.05) is 0 Å². The van der Waals surface area contributed by atoms with Gasteiger partial charge in [-0.15, -0.1) is 0 Å². The number of hydrogen-bond acceptors (Lipinski definition) is 5. The van der Waals surface area contributed by atoms with E-state index in [0.717, 1.165) is 0 Å². The summed E-state index contributed by atoms with van der Waals surface area (Å²) in [5, 5.41) is 2.51. The van der Waals surface area contributed by atoms with Gasteiger partial charge in [0, 0.05) is 0 Å². The van der Waals surface area contributed by atoms with Gasteiger partial charge in [-0.25, -0.2) is 4.79 Å². The Morgan fingerprint density at radius 1 is 1.33 bits per heavy atom. The van der Waals surface area contributed by atoms with Crippen LogP contribution in [0.1, 0.15) is 20.8 Å². The first-order valence-corrected chi connectivity index (χ1v) is 4.49. The number of methoxy groups -OCH3 is 1. The van der Waals surface area contributed by atoms with Gasteiger partial charge in [-0.05, 0) is 20.8 Å². The molecule has 0 rings (SSSR count). The second-order valence-corrected chi connectivity index (χ2v) is 3.91. The summed E-state index contributed by atoms with van der Waals surface area (Å²) < 4.78 is 9.40. The zero-order chi connectivity index (χ0) is 12.1. The molecule has 0 saturated carbocycles. The van der Waals surface area contributed by atoms with Crippen LogP contribution in [0.4, 0.5) is 0 Å². The quantitative estimate of drug-likeness (QED) is 0.549. The smallest absolute Gasteiger partial charge is 0.354 e. The molecule has 0 spiro atoms. The topological polar surface area (TPSA) is 64.6 Å². The normalized spacial score (nSPS) is 10.4. The Labute approximate surface area is 89.4 Å². The average Bonchev–Trinajstić information content (AvgIpc) is 2.10. The van der Waals surface area contributed by atoms with Crippen LogP contribution in [0.3, 0.4) is 0 Å². The van der Waals surface area contributed by atoms with Crippen LogP contribution < -0.4 is 5.32 Å². The minimum absolute atomic E-state index is 0.0373. The third-order valence-corrected chi connectivity index (χ3v) is 1.32. The van der Waals surface area contributed by atoms with E-state index in [4.69, 9.17) is 4.74 Å². The lowest BCUT2D eigenvalue weighted by atomic mass is 10.2. The highest BCUT2D eigenvalue weighted by Crippen LogP contribution is 2.08. The van der Waals surface area contributed by atoms with Crippen molar-refractivity contribution in [3.8, 4) is 0 Å². The second-order valence-electron chi connectivity index (χ2n) is 3.91. The predicted molar refractivity (Wildman–Crippen MR) is 55.0 cm³/mol. The number of nitrogens with one attached hydrogen (secondary N) is 1. The Hall–Kier alpha value is -1.52. The van der Waals surface area contributed by atoms with Gasteiger partial charge in [0.25, 0.3) is 0 Å². The number of rotatable bonds is 4. The number of esters is 2. The monoisotopic (exact) mass is 215 g/mol. The molecule has 0 aliphatic carbocycles. The molecule has 15 heavy (non-hydrogen) atoms. The van der Waals surface area contributed by atoms with Crippen molar-refractivity contribution in [1.29, 1.82) is 0 Å². The highest BCUT2D eigenvalue weighted by molar-refractivity contribution is 5.88. The summed E-state index contributed by atoms with van der Waals surface area (Å²) in [6.07, 6.45) is 0. The third kappa shape index (κ3) is 6.54. The van der Waals surface area contributed by atoms with E-state index in [0.29, 0.717) is 0 Å². The molecule has 0 aromatic rings. The molecule has 5 heteroatoms. The van der Waals surface area contributed by atoms with Crippen LogP contribution in [0.15, 0.2) is 12.3 Å². The second kappa shape index (κ2) is 5.38. The molecule has 0 fully saturated rings. The fraction of sp³-hybridized carbons (Fsp3) is 0.600. The van der Waals surface area contributed by atoms with Crippen LogP contribution in [-0.4, -0.2) is 31.2 Å². The Bertz CT molecular complexity index is 265. The van der Waals surface area contributed by atoms with Crippen molar-refractivity contribution >= 4 is 11.9 Å².